The highest BCUT2D eigenvalue weighted by atomic mass is 32.1. The van der Waals surface area contributed by atoms with E-state index in [2.05, 4.69) is 251 Å². The van der Waals surface area contributed by atoms with Crippen molar-refractivity contribution in [3.63, 3.8) is 0 Å². The molecule has 4 aromatic heterocycles. The fourth-order valence-corrected chi connectivity index (χ4v) is 13.1. The Kier molecular flexibility index (Phi) is 9.55. The van der Waals surface area contributed by atoms with Gasteiger partial charge in [-0.15, -0.1) is 22.7 Å². The summed E-state index contributed by atoms with van der Waals surface area (Å²) in [6.07, 6.45) is 0. The fourth-order valence-electron chi connectivity index (χ4n) is 10.8. The van der Waals surface area contributed by atoms with E-state index in [4.69, 9.17) is 8.83 Å². The van der Waals surface area contributed by atoms with Crippen LogP contribution in [-0.4, -0.2) is 0 Å². The number of rotatable bonds is 9. The molecule has 5 nitrogen and oxygen atoms in total. The van der Waals surface area contributed by atoms with Crippen LogP contribution in [0.2, 0.25) is 0 Å². The highest BCUT2D eigenvalue weighted by molar-refractivity contribution is 7.26. The summed E-state index contributed by atoms with van der Waals surface area (Å²) >= 11 is 3.67. The Labute approximate surface area is 427 Å². The summed E-state index contributed by atoms with van der Waals surface area (Å²) in [5.74, 6) is 0. The Morgan fingerprint density at radius 1 is 0.205 bits per heavy atom. The molecule has 0 bridgehead atoms. The SMILES string of the molecule is c1ccc(N(c2ccc3c(c2)oc2ccc(N(c4ccccc4)c4ccc5c(c4)sc4ccccc45)cc23)c2ccc3c(c2)sc2ccc(N(c4ccccc4)c4ccc5c(c4)oc4ccccc45)cc23)cc1. The third kappa shape index (κ3) is 6.96. The van der Waals surface area contributed by atoms with Crippen molar-refractivity contribution in [2.75, 3.05) is 14.7 Å². The molecule has 0 radical (unpaired) electrons. The maximum absolute atomic E-state index is 6.74. The molecule has 11 aromatic carbocycles. The Hall–Kier alpha value is -9.14. The lowest BCUT2D eigenvalue weighted by atomic mass is 10.1. The van der Waals surface area contributed by atoms with Crippen molar-refractivity contribution in [3.8, 4) is 0 Å². The third-order valence-corrected chi connectivity index (χ3v) is 16.5. The number of benzene rings is 11. The topological polar surface area (TPSA) is 36.0 Å². The number of fused-ring (bicyclic) bond motifs is 12. The fraction of sp³-hybridized carbons (Fsp3) is 0. The van der Waals surface area contributed by atoms with Crippen LogP contribution < -0.4 is 14.7 Å². The first-order valence-electron chi connectivity index (χ1n) is 24.5. The predicted molar refractivity (Wildman–Crippen MR) is 311 cm³/mol. The van der Waals surface area contributed by atoms with E-state index in [1.807, 2.05) is 34.8 Å². The van der Waals surface area contributed by atoms with Gasteiger partial charge in [0, 0.05) is 125 Å². The van der Waals surface area contributed by atoms with Crippen molar-refractivity contribution >= 4 is 158 Å². The number of hydrogen-bond donors (Lipinski definition) is 0. The molecule has 0 aliphatic carbocycles. The average Bonchev–Trinajstić information content (AvgIpc) is 4.21. The summed E-state index contributed by atoms with van der Waals surface area (Å²) < 4.78 is 18.1. The number of thiophene rings is 2. The molecule has 0 N–H and O–H groups in total. The molecule has 0 aliphatic rings. The molecule has 15 aromatic rings. The summed E-state index contributed by atoms with van der Waals surface area (Å²) in [6.45, 7) is 0. The molecule has 15 rings (SSSR count). The van der Waals surface area contributed by atoms with Gasteiger partial charge in [-0.2, -0.15) is 0 Å². The molecule has 344 valence electrons. The molecule has 0 unspecified atom stereocenters. The second kappa shape index (κ2) is 16.7. The van der Waals surface area contributed by atoms with Gasteiger partial charge in [-0.3, -0.25) is 0 Å². The van der Waals surface area contributed by atoms with Gasteiger partial charge in [0.1, 0.15) is 22.3 Å². The first-order chi connectivity index (χ1) is 36.1. The van der Waals surface area contributed by atoms with Gasteiger partial charge < -0.3 is 23.5 Å². The molecule has 0 aliphatic heterocycles. The van der Waals surface area contributed by atoms with E-state index in [1.165, 1.54) is 40.3 Å². The monoisotopic (exact) mass is 971 g/mol. The number of hydrogen-bond acceptors (Lipinski definition) is 7. The molecule has 0 saturated carbocycles. The van der Waals surface area contributed by atoms with Gasteiger partial charge in [0.2, 0.25) is 0 Å². The van der Waals surface area contributed by atoms with Gasteiger partial charge in [-0.1, -0.05) is 103 Å². The van der Waals surface area contributed by atoms with E-state index in [0.29, 0.717) is 0 Å². The van der Waals surface area contributed by atoms with E-state index >= 15 is 0 Å². The molecule has 7 heteroatoms. The van der Waals surface area contributed by atoms with Crippen LogP contribution in [0.1, 0.15) is 0 Å². The summed E-state index contributed by atoms with van der Waals surface area (Å²) in [7, 11) is 0. The summed E-state index contributed by atoms with van der Waals surface area (Å²) in [6, 6.07) is 89.1. The number of anilines is 9. The van der Waals surface area contributed by atoms with Crippen LogP contribution in [0.25, 0.3) is 84.2 Å². The minimum atomic E-state index is 0.835. The maximum Gasteiger partial charge on any atom is 0.137 e. The molecule has 0 amide bonds. The molecule has 0 atom stereocenters. The van der Waals surface area contributed by atoms with Gasteiger partial charge in [-0.05, 0) is 133 Å². The van der Waals surface area contributed by atoms with E-state index in [0.717, 1.165) is 95.1 Å². The number of furan rings is 2. The molecule has 4 heterocycles. The summed E-state index contributed by atoms with van der Waals surface area (Å²) in [4.78, 5) is 7.00. The Morgan fingerprint density at radius 2 is 0.562 bits per heavy atom. The van der Waals surface area contributed by atoms with Crippen molar-refractivity contribution in [3.05, 3.63) is 249 Å². The molecule has 0 fully saturated rings. The third-order valence-electron chi connectivity index (χ3n) is 14.2. The van der Waals surface area contributed by atoms with Gasteiger partial charge in [0.05, 0.1) is 0 Å². The molecular weight excluding hydrogens is 931 g/mol. The summed E-state index contributed by atoms with van der Waals surface area (Å²) in [5.41, 5.74) is 13.1. The van der Waals surface area contributed by atoms with Crippen molar-refractivity contribution in [1.29, 1.82) is 0 Å². The molecule has 0 saturated heterocycles. The zero-order chi connectivity index (χ0) is 48.0. The molecule has 0 spiro atoms. The van der Waals surface area contributed by atoms with Crippen LogP contribution in [0.4, 0.5) is 51.2 Å². The minimum absolute atomic E-state index is 0.835. The van der Waals surface area contributed by atoms with Gasteiger partial charge in [-0.25, -0.2) is 0 Å². The van der Waals surface area contributed by atoms with Crippen LogP contribution in [0.3, 0.4) is 0 Å². The Bertz CT molecular complexity index is 4320. The van der Waals surface area contributed by atoms with Gasteiger partial charge in [0.25, 0.3) is 0 Å². The van der Waals surface area contributed by atoms with Crippen LogP contribution >= 0.6 is 22.7 Å². The largest absolute Gasteiger partial charge is 0.456 e. The highest BCUT2D eigenvalue weighted by Crippen LogP contribution is 2.47. The zero-order valence-corrected chi connectivity index (χ0v) is 40.8. The van der Waals surface area contributed by atoms with Crippen LogP contribution in [0.15, 0.2) is 258 Å². The average molecular weight is 972 g/mol. The minimum Gasteiger partial charge on any atom is -0.456 e. The van der Waals surface area contributed by atoms with E-state index in [1.54, 1.807) is 0 Å². The van der Waals surface area contributed by atoms with Crippen molar-refractivity contribution in [2.45, 2.75) is 0 Å². The Morgan fingerprint density at radius 3 is 1.14 bits per heavy atom. The first kappa shape index (κ1) is 41.6. The zero-order valence-electron chi connectivity index (χ0n) is 39.1. The highest BCUT2D eigenvalue weighted by Gasteiger charge is 2.21. The van der Waals surface area contributed by atoms with Gasteiger partial charge >= 0.3 is 0 Å². The molecular formula is C66H41N3O2S2. The summed E-state index contributed by atoms with van der Waals surface area (Å²) in [5, 5.41) is 9.40. The van der Waals surface area contributed by atoms with Crippen LogP contribution in [0.5, 0.6) is 0 Å². The number of para-hydroxylation sites is 4. The van der Waals surface area contributed by atoms with E-state index < -0.39 is 0 Å². The van der Waals surface area contributed by atoms with Crippen molar-refractivity contribution in [2.24, 2.45) is 0 Å². The standard InChI is InChI=1S/C66H41N3O2S2/c1-4-14-42(15-5-1)67(47-24-30-52-51-20-10-12-22-59(51)70-61(52)38-47)46-29-35-64-58(37-46)56-33-27-50(41-66(56)73-64)69(44-18-8-3-9-19-44)48-25-31-53-57-36-45(28-34-60(57)71-62(53)39-48)68(43-16-6-2-7-17-43)49-26-32-55-54-21-11-13-23-63(54)72-65(55)40-49/h1-41H. The lowest BCUT2D eigenvalue weighted by Gasteiger charge is -2.26. The smallest absolute Gasteiger partial charge is 0.137 e. The lowest BCUT2D eigenvalue weighted by Crippen LogP contribution is -2.09. The normalized spacial score (nSPS) is 11.8. The predicted octanol–water partition coefficient (Wildman–Crippen LogP) is 20.6. The van der Waals surface area contributed by atoms with Crippen molar-refractivity contribution in [1.82, 2.24) is 0 Å². The van der Waals surface area contributed by atoms with Crippen LogP contribution in [-0.2, 0) is 0 Å². The molecule has 73 heavy (non-hydrogen) atoms. The maximum atomic E-state index is 6.74. The van der Waals surface area contributed by atoms with Gasteiger partial charge in [0.15, 0.2) is 0 Å². The Balaban J connectivity index is 0.808. The quantitative estimate of drug-likeness (QED) is 0.144. The lowest BCUT2D eigenvalue weighted by molar-refractivity contribution is 0.668. The van der Waals surface area contributed by atoms with E-state index in [-0.39, 0.29) is 0 Å². The first-order valence-corrected chi connectivity index (χ1v) is 26.1. The second-order valence-corrected chi connectivity index (χ2v) is 20.7. The van der Waals surface area contributed by atoms with Crippen molar-refractivity contribution < 1.29 is 8.83 Å². The second-order valence-electron chi connectivity index (χ2n) is 18.5. The van der Waals surface area contributed by atoms with E-state index in [9.17, 15) is 0 Å². The number of nitrogens with zero attached hydrogens (tertiary/aromatic N) is 3. The van der Waals surface area contributed by atoms with Crippen LogP contribution in [0, 0.1) is 0 Å².